The van der Waals surface area contributed by atoms with Crippen LogP contribution in [0.15, 0.2) is 24.3 Å². The number of hydrogen-bond donors (Lipinski definition) is 1. The Bertz CT molecular complexity index is 350. The number of hydrogen-bond acceptors (Lipinski definition) is 2. The molecule has 1 unspecified atom stereocenters. The molecular weight excluding hydrogens is 260 g/mol. The van der Waals surface area contributed by atoms with Gasteiger partial charge < -0.3 is 10.1 Å². The lowest BCUT2D eigenvalue weighted by Gasteiger charge is -2.20. The second kappa shape index (κ2) is 8.40. The highest BCUT2D eigenvalue weighted by Gasteiger charge is 2.16. The first-order chi connectivity index (χ1) is 8.65. The molecule has 1 aromatic carbocycles. The highest BCUT2D eigenvalue weighted by molar-refractivity contribution is 6.31. The molecule has 102 valence electrons. The second-order valence-electron chi connectivity index (χ2n) is 3.94. The Balaban J connectivity index is 2.66. The van der Waals surface area contributed by atoms with Gasteiger partial charge in [-0.2, -0.15) is 0 Å². The van der Waals surface area contributed by atoms with Crippen LogP contribution in [0.3, 0.4) is 0 Å². The summed E-state index contributed by atoms with van der Waals surface area (Å²) in [5, 5.41) is 3.69. The fraction of sp³-hybridized carbons (Fsp3) is 0.538. The maximum Gasteiger partial charge on any atom is 0.261 e. The fourth-order valence-corrected chi connectivity index (χ4v) is 1.85. The largest absolute Gasteiger partial charge is 0.366 e. The third-order valence-corrected chi connectivity index (χ3v) is 2.78. The van der Waals surface area contributed by atoms with E-state index in [2.05, 4.69) is 5.32 Å². The normalized spacial score (nSPS) is 12.9. The van der Waals surface area contributed by atoms with Crippen molar-refractivity contribution >= 4 is 11.6 Å². The van der Waals surface area contributed by atoms with E-state index < -0.39 is 19.1 Å². The van der Waals surface area contributed by atoms with Crippen LogP contribution in [0, 0.1) is 0 Å². The van der Waals surface area contributed by atoms with E-state index in [9.17, 15) is 8.78 Å². The standard InChI is InChI=1S/C13H18ClF2NO/c1-2-7-17-8-12(18-9-13(15)16)10-5-3-4-6-11(10)14/h3-6,12-13,17H,2,7-9H2,1H3. The van der Waals surface area contributed by atoms with Gasteiger partial charge in [-0.3, -0.25) is 0 Å². The van der Waals surface area contributed by atoms with Crippen LogP contribution in [0.1, 0.15) is 25.0 Å². The van der Waals surface area contributed by atoms with Crippen molar-refractivity contribution in [1.29, 1.82) is 0 Å². The van der Waals surface area contributed by atoms with Crippen molar-refractivity contribution in [2.24, 2.45) is 0 Å². The molecule has 18 heavy (non-hydrogen) atoms. The summed E-state index contributed by atoms with van der Waals surface area (Å²) >= 11 is 6.05. The third kappa shape index (κ3) is 5.29. The zero-order chi connectivity index (χ0) is 13.4. The van der Waals surface area contributed by atoms with E-state index in [4.69, 9.17) is 16.3 Å². The van der Waals surface area contributed by atoms with Gasteiger partial charge >= 0.3 is 0 Å². The monoisotopic (exact) mass is 277 g/mol. The summed E-state index contributed by atoms with van der Waals surface area (Å²) in [6.07, 6.45) is -1.94. The molecule has 0 aliphatic rings. The molecule has 0 saturated heterocycles. The average Bonchev–Trinajstić information content (AvgIpc) is 2.34. The predicted molar refractivity (Wildman–Crippen MR) is 69.3 cm³/mol. The molecule has 0 aromatic heterocycles. The van der Waals surface area contributed by atoms with Crippen LogP contribution in [-0.4, -0.2) is 26.1 Å². The molecule has 5 heteroatoms. The van der Waals surface area contributed by atoms with Gasteiger partial charge in [0.15, 0.2) is 0 Å². The molecule has 2 nitrogen and oxygen atoms in total. The number of alkyl halides is 2. The van der Waals surface area contributed by atoms with Crippen molar-refractivity contribution in [1.82, 2.24) is 5.32 Å². The van der Waals surface area contributed by atoms with Crippen LogP contribution in [-0.2, 0) is 4.74 Å². The van der Waals surface area contributed by atoms with Gasteiger partial charge in [-0.15, -0.1) is 0 Å². The number of benzene rings is 1. The lowest BCUT2D eigenvalue weighted by molar-refractivity contribution is -0.0245. The smallest absolute Gasteiger partial charge is 0.261 e. The molecule has 0 aliphatic heterocycles. The molecule has 1 aromatic rings. The minimum Gasteiger partial charge on any atom is -0.366 e. The van der Waals surface area contributed by atoms with Crippen LogP contribution < -0.4 is 5.32 Å². The quantitative estimate of drug-likeness (QED) is 0.732. The molecule has 0 bridgehead atoms. The molecule has 0 aliphatic carbocycles. The van der Waals surface area contributed by atoms with E-state index in [-0.39, 0.29) is 0 Å². The fourth-order valence-electron chi connectivity index (χ4n) is 1.59. The highest BCUT2D eigenvalue weighted by Crippen LogP contribution is 2.25. The first kappa shape index (κ1) is 15.3. The molecule has 0 spiro atoms. The summed E-state index contributed by atoms with van der Waals surface area (Å²) in [5.74, 6) is 0. The Morgan fingerprint density at radius 1 is 1.33 bits per heavy atom. The van der Waals surface area contributed by atoms with Gasteiger partial charge in [-0.25, -0.2) is 8.78 Å². The molecule has 1 N–H and O–H groups in total. The van der Waals surface area contributed by atoms with E-state index in [0.29, 0.717) is 11.6 Å². The van der Waals surface area contributed by atoms with E-state index in [1.54, 1.807) is 18.2 Å². The lowest BCUT2D eigenvalue weighted by Crippen LogP contribution is -2.25. The van der Waals surface area contributed by atoms with Gasteiger partial charge in [0, 0.05) is 17.1 Å². The van der Waals surface area contributed by atoms with Crippen LogP contribution >= 0.6 is 11.6 Å². The Morgan fingerprint density at radius 2 is 2.06 bits per heavy atom. The van der Waals surface area contributed by atoms with Crippen LogP contribution in [0.2, 0.25) is 5.02 Å². The van der Waals surface area contributed by atoms with Gasteiger partial charge in [0.05, 0.1) is 6.10 Å². The number of nitrogens with one attached hydrogen (secondary N) is 1. The summed E-state index contributed by atoms with van der Waals surface area (Å²) < 4.78 is 29.7. The van der Waals surface area contributed by atoms with Crippen molar-refractivity contribution in [2.75, 3.05) is 19.7 Å². The van der Waals surface area contributed by atoms with E-state index >= 15 is 0 Å². The minimum atomic E-state index is -2.47. The van der Waals surface area contributed by atoms with Crippen molar-refractivity contribution in [3.63, 3.8) is 0 Å². The second-order valence-corrected chi connectivity index (χ2v) is 4.35. The predicted octanol–water partition coefficient (Wildman–Crippen LogP) is 3.66. The van der Waals surface area contributed by atoms with Crippen LogP contribution in [0.5, 0.6) is 0 Å². The number of halogens is 3. The Labute approximate surface area is 111 Å². The number of rotatable bonds is 8. The summed E-state index contributed by atoms with van der Waals surface area (Å²) in [7, 11) is 0. The van der Waals surface area contributed by atoms with Crippen molar-refractivity contribution in [3.8, 4) is 0 Å². The molecule has 0 amide bonds. The molecular formula is C13H18ClF2NO. The topological polar surface area (TPSA) is 21.3 Å². The highest BCUT2D eigenvalue weighted by atomic mass is 35.5. The SMILES string of the molecule is CCCNCC(OCC(F)F)c1ccccc1Cl. The van der Waals surface area contributed by atoms with Crippen molar-refractivity contribution in [2.45, 2.75) is 25.9 Å². The molecule has 0 radical (unpaired) electrons. The molecule has 0 fully saturated rings. The van der Waals surface area contributed by atoms with Crippen molar-refractivity contribution in [3.05, 3.63) is 34.9 Å². The Morgan fingerprint density at radius 3 is 2.67 bits per heavy atom. The summed E-state index contributed by atoms with van der Waals surface area (Å²) in [4.78, 5) is 0. The summed E-state index contributed by atoms with van der Waals surface area (Å²) in [6, 6.07) is 7.15. The average molecular weight is 278 g/mol. The maximum absolute atomic E-state index is 12.2. The third-order valence-electron chi connectivity index (χ3n) is 2.43. The zero-order valence-electron chi connectivity index (χ0n) is 10.3. The Hall–Kier alpha value is -0.710. The molecule has 1 atom stereocenters. The number of ether oxygens (including phenoxy) is 1. The molecule has 0 heterocycles. The zero-order valence-corrected chi connectivity index (χ0v) is 11.1. The first-order valence-electron chi connectivity index (χ1n) is 6.00. The molecule has 1 rings (SSSR count). The Kier molecular flexibility index (Phi) is 7.16. The minimum absolute atomic E-state index is 0.445. The maximum atomic E-state index is 12.2. The van der Waals surface area contributed by atoms with E-state index in [1.165, 1.54) is 0 Å². The van der Waals surface area contributed by atoms with Gasteiger partial charge in [-0.05, 0) is 19.0 Å². The van der Waals surface area contributed by atoms with Gasteiger partial charge in [0.2, 0.25) is 0 Å². The molecule has 0 saturated carbocycles. The lowest BCUT2D eigenvalue weighted by atomic mass is 10.1. The van der Waals surface area contributed by atoms with Gasteiger partial charge in [0.25, 0.3) is 6.43 Å². The van der Waals surface area contributed by atoms with Gasteiger partial charge in [0.1, 0.15) is 6.61 Å². The van der Waals surface area contributed by atoms with E-state index in [1.807, 2.05) is 13.0 Å². The first-order valence-corrected chi connectivity index (χ1v) is 6.37. The van der Waals surface area contributed by atoms with Crippen LogP contribution in [0.4, 0.5) is 8.78 Å². The van der Waals surface area contributed by atoms with Crippen LogP contribution in [0.25, 0.3) is 0 Å². The van der Waals surface area contributed by atoms with Gasteiger partial charge in [-0.1, -0.05) is 36.7 Å². The summed E-state index contributed by atoms with van der Waals surface area (Å²) in [6.45, 7) is 2.75. The van der Waals surface area contributed by atoms with E-state index in [0.717, 1.165) is 18.5 Å². The van der Waals surface area contributed by atoms with Crippen molar-refractivity contribution < 1.29 is 13.5 Å². The summed E-state index contributed by atoms with van der Waals surface area (Å²) in [5.41, 5.74) is 0.739.